The van der Waals surface area contributed by atoms with Crippen LogP contribution in [0.1, 0.15) is 5.56 Å². The summed E-state index contributed by atoms with van der Waals surface area (Å²) in [7, 11) is 0. The minimum atomic E-state index is -0.398. The summed E-state index contributed by atoms with van der Waals surface area (Å²) in [6.45, 7) is 2.03. The molecule has 4 rings (SSSR count). The Labute approximate surface area is 131 Å². The second-order valence-electron chi connectivity index (χ2n) is 5.28. The van der Waals surface area contributed by atoms with Crippen LogP contribution in [-0.2, 0) is 0 Å². The van der Waals surface area contributed by atoms with Crippen molar-refractivity contribution in [2.24, 2.45) is 0 Å². The third-order valence-corrected chi connectivity index (χ3v) is 3.59. The highest BCUT2D eigenvalue weighted by atomic mass is 19.1. The Balaban J connectivity index is 1.77. The van der Waals surface area contributed by atoms with Crippen LogP contribution in [0.25, 0.3) is 33.9 Å². The van der Waals surface area contributed by atoms with Crippen molar-refractivity contribution in [1.82, 2.24) is 15.2 Å². The van der Waals surface area contributed by atoms with E-state index in [1.807, 2.05) is 31.2 Å². The highest BCUT2D eigenvalue weighted by Crippen LogP contribution is 2.26. The average Bonchev–Trinajstić information content (AvgIpc) is 3.04. The maximum atomic E-state index is 13.8. The zero-order chi connectivity index (χ0) is 15.8. The summed E-state index contributed by atoms with van der Waals surface area (Å²) in [5, 5.41) is 8.95. The monoisotopic (exact) mass is 305 g/mol. The van der Waals surface area contributed by atoms with Gasteiger partial charge in [-0.1, -0.05) is 29.8 Å². The first-order valence-electron chi connectivity index (χ1n) is 7.17. The number of hydrogen-bond acceptors (Lipinski definition) is 4. The Morgan fingerprint density at radius 2 is 1.74 bits per heavy atom. The predicted molar refractivity (Wildman–Crippen MR) is 85.2 cm³/mol. The number of nitrogens with zero attached hydrogens (tertiary/aromatic N) is 3. The Hall–Kier alpha value is -3.08. The molecule has 4 nitrogen and oxygen atoms in total. The van der Waals surface area contributed by atoms with Crippen LogP contribution in [0.4, 0.5) is 4.39 Å². The van der Waals surface area contributed by atoms with Crippen molar-refractivity contribution in [2.75, 3.05) is 0 Å². The number of aryl methyl sites for hydroxylation is 1. The highest BCUT2D eigenvalue weighted by molar-refractivity contribution is 5.81. The maximum Gasteiger partial charge on any atom is 0.266 e. The number of pyridine rings is 1. The molecule has 0 saturated heterocycles. The second kappa shape index (κ2) is 5.28. The molecule has 0 aliphatic rings. The van der Waals surface area contributed by atoms with Crippen LogP contribution >= 0.6 is 0 Å². The first-order chi connectivity index (χ1) is 11.2. The average molecular weight is 305 g/mol. The van der Waals surface area contributed by atoms with Gasteiger partial charge in [0.2, 0.25) is 0 Å². The van der Waals surface area contributed by atoms with Gasteiger partial charge < -0.3 is 4.42 Å². The van der Waals surface area contributed by atoms with E-state index in [1.165, 1.54) is 11.6 Å². The van der Waals surface area contributed by atoms with E-state index in [1.54, 1.807) is 18.2 Å². The van der Waals surface area contributed by atoms with E-state index >= 15 is 0 Å². The number of benzene rings is 2. The molecule has 2 heterocycles. The zero-order valence-electron chi connectivity index (χ0n) is 12.3. The lowest BCUT2D eigenvalue weighted by molar-refractivity contribution is 0.569. The molecule has 0 unspecified atom stereocenters. The Morgan fingerprint density at radius 1 is 0.913 bits per heavy atom. The summed E-state index contributed by atoms with van der Waals surface area (Å²) in [6.07, 6.45) is 0. The molecule has 2 aromatic heterocycles. The van der Waals surface area contributed by atoms with Gasteiger partial charge >= 0.3 is 0 Å². The van der Waals surface area contributed by atoms with Crippen molar-refractivity contribution in [3.8, 4) is 23.0 Å². The topological polar surface area (TPSA) is 51.8 Å². The summed E-state index contributed by atoms with van der Waals surface area (Å²) in [4.78, 5) is 4.53. The van der Waals surface area contributed by atoms with Crippen molar-refractivity contribution in [2.45, 2.75) is 6.92 Å². The molecule has 0 spiro atoms. The van der Waals surface area contributed by atoms with E-state index in [9.17, 15) is 4.39 Å². The summed E-state index contributed by atoms with van der Waals surface area (Å²) < 4.78 is 19.4. The van der Waals surface area contributed by atoms with Crippen molar-refractivity contribution < 1.29 is 8.81 Å². The van der Waals surface area contributed by atoms with E-state index in [0.29, 0.717) is 5.69 Å². The van der Waals surface area contributed by atoms with E-state index in [0.717, 1.165) is 10.9 Å². The molecule has 0 fully saturated rings. The SMILES string of the molecule is Cc1ccc2nc(-c3nnc(-c4ccccc4F)o3)ccc2c1. The van der Waals surface area contributed by atoms with Crippen molar-refractivity contribution >= 4 is 10.9 Å². The van der Waals surface area contributed by atoms with Crippen LogP contribution < -0.4 is 0 Å². The molecule has 2 aromatic carbocycles. The summed E-state index contributed by atoms with van der Waals surface area (Å²) >= 11 is 0. The zero-order valence-corrected chi connectivity index (χ0v) is 12.3. The second-order valence-corrected chi connectivity index (χ2v) is 5.28. The summed E-state index contributed by atoms with van der Waals surface area (Å²) in [6, 6.07) is 16.1. The van der Waals surface area contributed by atoms with Crippen molar-refractivity contribution in [3.05, 3.63) is 66.0 Å². The third kappa shape index (κ3) is 2.46. The van der Waals surface area contributed by atoms with Gasteiger partial charge in [0.15, 0.2) is 0 Å². The van der Waals surface area contributed by atoms with Gasteiger partial charge in [0.05, 0.1) is 11.1 Å². The Bertz CT molecular complexity index is 1010. The highest BCUT2D eigenvalue weighted by Gasteiger charge is 2.14. The summed E-state index contributed by atoms with van der Waals surface area (Å²) in [5.74, 6) is 0.0132. The van der Waals surface area contributed by atoms with E-state index in [2.05, 4.69) is 21.2 Å². The quantitative estimate of drug-likeness (QED) is 0.551. The lowest BCUT2D eigenvalue weighted by Crippen LogP contribution is -1.86. The van der Waals surface area contributed by atoms with Crippen LogP contribution in [0.3, 0.4) is 0 Å². The lowest BCUT2D eigenvalue weighted by Gasteiger charge is -2.00. The van der Waals surface area contributed by atoms with Crippen LogP contribution in [0.5, 0.6) is 0 Å². The minimum absolute atomic E-state index is 0.143. The number of rotatable bonds is 2. The fraction of sp³-hybridized carbons (Fsp3) is 0.0556. The molecular weight excluding hydrogens is 293 g/mol. The van der Waals surface area contributed by atoms with Gasteiger partial charge in [0, 0.05) is 5.39 Å². The Kier molecular flexibility index (Phi) is 3.12. The molecule has 0 N–H and O–H groups in total. The molecule has 112 valence electrons. The third-order valence-electron chi connectivity index (χ3n) is 3.59. The molecular formula is C18H12FN3O. The lowest BCUT2D eigenvalue weighted by atomic mass is 10.1. The molecule has 0 amide bonds. The van der Waals surface area contributed by atoms with Crippen molar-refractivity contribution in [3.63, 3.8) is 0 Å². The fourth-order valence-corrected chi connectivity index (χ4v) is 2.43. The first-order valence-corrected chi connectivity index (χ1v) is 7.17. The van der Waals surface area contributed by atoms with Gasteiger partial charge in [-0.2, -0.15) is 0 Å². The molecule has 0 atom stereocenters. The standard InChI is InChI=1S/C18H12FN3O/c1-11-6-8-15-12(10-11)7-9-16(20-15)18-22-21-17(23-18)13-4-2-3-5-14(13)19/h2-10H,1H3. The van der Waals surface area contributed by atoms with E-state index in [-0.39, 0.29) is 17.3 Å². The van der Waals surface area contributed by atoms with Gasteiger partial charge in [-0.25, -0.2) is 9.37 Å². The molecule has 0 aliphatic heterocycles. The van der Waals surface area contributed by atoms with Gasteiger partial charge in [-0.05, 0) is 37.3 Å². The van der Waals surface area contributed by atoms with Gasteiger partial charge in [0.1, 0.15) is 11.5 Å². The van der Waals surface area contributed by atoms with Crippen LogP contribution in [0, 0.1) is 12.7 Å². The molecule has 0 bridgehead atoms. The van der Waals surface area contributed by atoms with Crippen LogP contribution in [-0.4, -0.2) is 15.2 Å². The maximum absolute atomic E-state index is 13.8. The number of hydrogen-bond donors (Lipinski definition) is 0. The largest absolute Gasteiger partial charge is 0.414 e. The fourth-order valence-electron chi connectivity index (χ4n) is 2.43. The number of fused-ring (bicyclic) bond motifs is 1. The molecule has 0 saturated carbocycles. The molecule has 5 heteroatoms. The van der Waals surface area contributed by atoms with Crippen LogP contribution in [0.15, 0.2) is 59.0 Å². The smallest absolute Gasteiger partial charge is 0.266 e. The van der Waals surface area contributed by atoms with Gasteiger partial charge in [0.25, 0.3) is 11.8 Å². The van der Waals surface area contributed by atoms with E-state index in [4.69, 9.17) is 4.42 Å². The van der Waals surface area contributed by atoms with Crippen LogP contribution in [0.2, 0.25) is 0 Å². The molecule has 4 aromatic rings. The normalized spacial score (nSPS) is 11.0. The molecule has 23 heavy (non-hydrogen) atoms. The predicted octanol–water partition coefficient (Wildman–Crippen LogP) is 4.40. The summed E-state index contributed by atoms with van der Waals surface area (Å²) in [5.41, 5.74) is 2.87. The van der Waals surface area contributed by atoms with Gasteiger partial charge in [-0.3, -0.25) is 0 Å². The van der Waals surface area contributed by atoms with E-state index < -0.39 is 5.82 Å². The first kappa shape index (κ1) is 13.6. The minimum Gasteiger partial charge on any atom is -0.414 e. The Morgan fingerprint density at radius 3 is 2.61 bits per heavy atom. The number of halogens is 1. The molecule has 0 aliphatic carbocycles. The number of aromatic nitrogens is 3. The molecule has 0 radical (unpaired) electrons. The van der Waals surface area contributed by atoms with Crippen molar-refractivity contribution in [1.29, 1.82) is 0 Å². The van der Waals surface area contributed by atoms with Gasteiger partial charge in [-0.15, -0.1) is 10.2 Å².